The molecular formula is C22H24N2O7S. The van der Waals surface area contributed by atoms with Crippen LogP contribution in [0.2, 0.25) is 0 Å². The maximum Gasteiger partial charge on any atom is 0.240 e. The minimum atomic E-state index is -3.71. The first-order chi connectivity index (χ1) is 15.4. The van der Waals surface area contributed by atoms with Crippen LogP contribution >= 0.6 is 0 Å². The predicted octanol–water partition coefficient (Wildman–Crippen LogP) is 2.97. The van der Waals surface area contributed by atoms with Gasteiger partial charge in [-0.05, 0) is 54.1 Å². The highest BCUT2D eigenvalue weighted by Gasteiger charge is 2.16. The Balaban J connectivity index is 1.64. The van der Waals surface area contributed by atoms with Gasteiger partial charge in [0.15, 0.2) is 11.5 Å². The van der Waals surface area contributed by atoms with Crippen molar-refractivity contribution >= 4 is 21.6 Å². The van der Waals surface area contributed by atoms with E-state index in [0.29, 0.717) is 34.3 Å². The number of carbonyl (C=O) groups excluding carboxylic acids is 1. The van der Waals surface area contributed by atoms with Gasteiger partial charge in [0, 0.05) is 5.69 Å². The summed E-state index contributed by atoms with van der Waals surface area (Å²) >= 11 is 0. The second-order valence-corrected chi connectivity index (χ2v) is 8.45. The van der Waals surface area contributed by atoms with Gasteiger partial charge in [0.1, 0.15) is 5.76 Å². The SMILES string of the molecule is COc1cc(CC(=O)Nc2ccc(S(=O)(=O)NCc3ccco3)cc2)cc(OC)c1OC. The fourth-order valence-electron chi connectivity index (χ4n) is 3.01. The highest BCUT2D eigenvalue weighted by molar-refractivity contribution is 7.89. The highest BCUT2D eigenvalue weighted by Crippen LogP contribution is 2.38. The lowest BCUT2D eigenvalue weighted by molar-refractivity contribution is -0.115. The molecule has 0 atom stereocenters. The zero-order chi connectivity index (χ0) is 23.1. The third-order valence-electron chi connectivity index (χ3n) is 4.55. The first-order valence-electron chi connectivity index (χ1n) is 9.57. The molecule has 0 fully saturated rings. The zero-order valence-electron chi connectivity index (χ0n) is 17.9. The Morgan fingerprint density at radius 2 is 1.62 bits per heavy atom. The van der Waals surface area contributed by atoms with Gasteiger partial charge in [-0.2, -0.15) is 0 Å². The van der Waals surface area contributed by atoms with Gasteiger partial charge in [-0.15, -0.1) is 0 Å². The molecule has 0 unspecified atom stereocenters. The first-order valence-corrected chi connectivity index (χ1v) is 11.1. The number of rotatable bonds is 10. The molecule has 2 aromatic carbocycles. The predicted molar refractivity (Wildman–Crippen MR) is 118 cm³/mol. The molecule has 0 aliphatic heterocycles. The van der Waals surface area contributed by atoms with Crippen LogP contribution in [0.1, 0.15) is 11.3 Å². The first kappa shape index (κ1) is 23.2. The molecule has 170 valence electrons. The zero-order valence-corrected chi connectivity index (χ0v) is 18.7. The van der Waals surface area contributed by atoms with Crippen LogP contribution in [0.15, 0.2) is 64.1 Å². The Bertz CT molecular complexity index is 1130. The summed E-state index contributed by atoms with van der Waals surface area (Å²) in [7, 11) is 0.789. The topological polar surface area (TPSA) is 116 Å². The number of sulfonamides is 1. The van der Waals surface area contributed by atoms with Crippen LogP contribution in [0, 0.1) is 0 Å². The lowest BCUT2D eigenvalue weighted by Crippen LogP contribution is -2.23. The van der Waals surface area contributed by atoms with Gasteiger partial charge in [0.25, 0.3) is 0 Å². The molecule has 10 heteroatoms. The summed E-state index contributed by atoms with van der Waals surface area (Å²) < 4.78 is 48.3. The minimum Gasteiger partial charge on any atom is -0.493 e. The van der Waals surface area contributed by atoms with Crippen LogP contribution in [0.25, 0.3) is 0 Å². The minimum absolute atomic E-state index is 0.0443. The number of methoxy groups -OCH3 is 3. The van der Waals surface area contributed by atoms with E-state index >= 15 is 0 Å². The number of benzene rings is 2. The second kappa shape index (κ2) is 10.2. The molecule has 0 aliphatic carbocycles. The number of ether oxygens (including phenoxy) is 3. The molecule has 0 spiro atoms. The van der Waals surface area contributed by atoms with Gasteiger partial charge in [-0.25, -0.2) is 13.1 Å². The number of furan rings is 1. The van der Waals surface area contributed by atoms with Gasteiger partial charge >= 0.3 is 0 Å². The molecule has 1 heterocycles. The van der Waals surface area contributed by atoms with Crippen LogP contribution in [0.4, 0.5) is 5.69 Å². The molecule has 9 nitrogen and oxygen atoms in total. The average molecular weight is 461 g/mol. The molecule has 0 saturated carbocycles. The van der Waals surface area contributed by atoms with E-state index in [1.807, 2.05) is 0 Å². The van der Waals surface area contributed by atoms with E-state index < -0.39 is 10.0 Å². The van der Waals surface area contributed by atoms with Crippen molar-refractivity contribution in [2.45, 2.75) is 17.9 Å². The number of hydrogen-bond acceptors (Lipinski definition) is 7. The smallest absolute Gasteiger partial charge is 0.240 e. The van der Waals surface area contributed by atoms with Gasteiger partial charge in [0.2, 0.25) is 21.7 Å². The fraction of sp³-hybridized carbons (Fsp3) is 0.227. The summed E-state index contributed by atoms with van der Waals surface area (Å²) in [4.78, 5) is 12.6. The summed E-state index contributed by atoms with van der Waals surface area (Å²) in [6, 6.07) is 12.6. The molecule has 3 rings (SSSR count). The van der Waals surface area contributed by atoms with Gasteiger partial charge in [0.05, 0.1) is 45.5 Å². The molecule has 0 bridgehead atoms. The summed E-state index contributed by atoms with van der Waals surface area (Å²) in [5, 5.41) is 2.74. The summed E-state index contributed by atoms with van der Waals surface area (Å²) in [6.07, 6.45) is 1.53. The van der Waals surface area contributed by atoms with E-state index in [4.69, 9.17) is 18.6 Å². The van der Waals surface area contributed by atoms with E-state index in [2.05, 4.69) is 10.0 Å². The molecule has 1 amide bonds. The average Bonchev–Trinajstić information content (AvgIpc) is 3.31. The molecule has 3 aromatic rings. The summed E-state index contributed by atoms with van der Waals surface area (Å²) in [5.74, 6) is 1.56. The third kappa shape index (κ3) is 5.59. The van der Waals surface area contributed by atoms with Gasteiger partial charge in [-0.3, -0.25) is 4.79 Å². The van der Waals surface area contributed by atoms with Crippen molar-refractivity contribution in [2.24, 2.45) is 0 Å². The highest BCUT2D eigenvalue weighted by atomic mass is 32.2. The van der Waals surface area contributed by atoms with Crippen molar-refractivity contribution in [3.05, 3.63) is 66.1 Å². The molecule has 0 saturated heterocycles. The third-order valence-corrected chi connectivity index (χ3v) is 5.97. The number of carbonyl (C=O) groups is 1. The Kier molecular flexibility index (Phi) is 7.39. The monoisotopic (exact) mass is 460 g/mol. The second-order valence-electron chi connectivity index (χ2n) is 6.69. The number of nitrogens with one attached hydrogen (secondary N) is 2. The molecular weight excluding hydrogens is 436 g/mol. The van der Waals surface area contributed by atoms with Crippen molar-refractivity contribution in [1.29, 1.82) is 0 Å². The number of amides is 1. The normalized spacial score (nSPS) is 11.1. The summed E-state index contributed by atoms with van der Waals surface area (Å²) in [6.45, 7) is 0.0443. The van der Waals surface area contributed by atoms with Crippen molar-refractivity contribution < 1.29 is 31.8 Å². The molecule has 32 heavy (non-hydrogen) atoms. The summed E-state index contributed by atoms with van der Waals surface area (Å²) in [5.41, 5.74) is 1.13. The van der Waals surface area contributed by atoms with Gasteiger partial charge < -0.3 is 23.9 Å². The molecule has 1 aromatic heterocycles. The van der Waals surface area contributed by atoms with Crippen LogP contribution in [0.3, 0.4) is 0 Å². The molecule has 0 aliphatic rings. The lowest BCUT2D eigenvalue weighted by Gasteiger charge is -2.14. The van der Waals surface area contributed by atoms with Crippen molar-refractivity contribution in [1.82, 2.24) is 4.72 Å². The van der Waals surface area contributed by atoms with E-state index in [9.17, 15) is 13.2 Å². The maximum absolute atomic E-state index is 12.5. The standard InChI is InChI=1S/C22H24N2O7S/c1-28-19-11-15(12-20(29-2)22(19)30-3)13-21(25)24-16-6-8-18(9-7-16)32(26,27)23-14-17-5-4-10-31-17/h4-12,23H,13-14H2,1-3H3,(H,24,25). The Hall–Kier alpha value is -3.50. The van der Waals surface area contributed by atoms with E-state index in [1.54, 1.807) is 24.3 Å². The molecule has 2 N–H and O–H groups in total. The van der Waals surface area contributed by atoms with Crippen LogP contribution in [0.5, 0.6) is 17.2 Å². The lowest BCUT2D eigenvalue weighted by atomic mass is 10.1. The fourth-order valence-corrected chi connectivity index (χ4v) is 4.00. The largest absolute Gasteiger partial charge is 0.493 e. The van der Waals surface area contributed by atoms with E-state index in [-0.39, 0.29) is 23.8 Å². The Morgan fingerprint density at radius 3 is 2.16 bits per heavy atom. The van der Waals surface area contributed by atoms with Crippen LogP contribution in [-0.2, 0) is 27.8 Å². The van der Waals surface area contributed by atoms with E-state index in [0.717, 1.165) is 0 Å². The van der Waals surface area contributed by atoms with Gasteiger partial charge in [-0.1, -0.05) is 0 Å². The van der Waals surface area contributed by atoms with Crippen molar-refractivity contribution in [2.75, 3.05) is 26.6 Å². The van der Waals surface area contributed by atoms with Crippen molar-refractivity contribution in [3.8, 4) is 17.2 Å². The number of anilines is 1. The quantitative estimate of drug-likeness (QED) is 0.478. The number of hydrogen-bond donors (Lipinski definition) is 2. The van der Waals surface area contributed by atoms with Crippen LogP contribution < -0.4 is 24.2 Å². The van der Waals surface area contributed by atoms with Crippen LogP contribution in [-0.4, -0.2) is 35.7 Å². The van der Waals surface area contributed by atoms with Crippen molar-refractivity contribution in [3.63, 3.8) is 0 Å². The molecule has 0 radical (unpaired) electrons. The Labute approximate surface area is 186 Å². The maximum atomic E-state index is 12.5. The van der Waals surface area contributed by atoms with E-state index in [1.165, 1.54) is 51.9 Å². The Morgan fingerprint density at radius 1 is 0.969 bits per heavy atom.